The second kappa shape index (κ2) is 8.80. The number of pyridine rings is 1. The lowest BCUT2D eigenvalue weighted by atomic mass is 10.0. The Morgan fingerprint density at radius 3 is 2.49 bits per heavy atom. The molecule has 0 atom stereocenters. The molecule has 39 heavy (non-hydrogen) atoms. The van der Waals surface area contributed by atoms with E-state index in [-0.39, 0.29) is 18.3 Å². The highest BCUT2D eigenvalue weighted by atomic mass is 19.1. The zero-order valence-corrected chi connectivity index (χ0v) is 20.5. The summed E-state index contributed by atoms with van der Waals surface area (Å²) < 4.78 is 16.7. The van der Waals surface area contributed by atoms with Crippen LogP contribution in [-0.4, -0.2) is 34.7 Å². The molecular formula is C29H20FN9. The van der Waals surface area contributed by atoms with Crippen LogP contribution in [0.1, 0.15) is 5.56 Å². The third-order valence-corrected chi connectivity index (χ3v) is 6.68. The molecule has 4 N–H and O–H groups in total. The summed E-state index contributed by atoms with van der Waals surface area (Å²) in [5.74, 6) is 0.163. The van der Waals surface area contributed by atoms with Gasteiger partial charge >= 0.3 is 0 Å². The molecule has 188 valence electrons. The van der Waals surface area contributed by atoms with Gasteiger partial charge in [-0.15, -0.1) is 0 Å². The monoisotopic (exact) mass is 513 g/mol. The first-order valence-electron chi connectivity index (χ1n) is 12.2. The van der Waals surface area contributed by atoms with Gasteiger partial charge in [0.25, 0.3) is 0 Å². The van der Waals surface area contributed by atoms with Crippen molar-refractivity contribution in [3.05, 3.63) is 96.7 Å². The van der Waals surface area contributed by atoms with Gasteiger partial charge in [0, 0.05) is 33.7 Å². The predicted octanol–water partition coefficient (Wildman–Crippen LogP) is 5.00. The summed E-state index contributed by atoms with van der Waals surface area (Å²) in [6, 6.07) is 22.1. The van der Waals surface area contributed by atoms with Crippen LogP contribution in [0.5, 0.6) is 0 Å². The van der Waals surface area contributed by atoms with Crippen LogP contribution in [0.2, 0.25) is 0 Å². The minimum Gasteiger partial charge on any atom is -0.383 e. The number of benzene rings is 3. The molecule has 0 bridgehead atoms. The summed E-state index contributed by atoms with van der Waals surface area (Å²) in [5.41, 5.74) is 17.3. The summed E-state index contributed by atoms with van der Waals surface area (Å²) in [5, 5.41) is 7.29. The van der Waals surface area contributed by atoms with E-state index in [1.54, 1.807) is 29.1 Å². The molecule has 0 spiro atoms. The maximum atomic E-state index is 15.0. The Balaban J connectivity index is 1.43. The Kier molecular flexibility index (Phi) is 5.12. The molecule has 0 saturated heterocycles. The predicted molar refractivity (Wildman–Crippen MR) is 149 cm³/mol. The van der Waals surface area contributed by atoms with Crippen molar-refractivity contribution in [3.8, 4) is 22.5 Å². The Hall–Kier alpha value is -5.51. The second-order valence-corrected chi connectivity index (χ2v) is 9.13. The van der Waals surface area contributed by atoms with Gasteiger partial charge in [0.2, 0.25) is 5.95 Å². The Morgan fingerprint density at radius 1 is 0.769 bits per heavy atom. The highest BCUT2D eigenvalue weighted by Crippen LogP contribution is 2.34. The maximum absolute atomic E-state index is 15.0. The average molecular weight is 514 g/mol. The standard InChI is InChI=1S/C29H20FN9/c30-21-7-3-2-6-20(21)25-19(11-16-5-1-4-8-22(16)36-25)14-39-28-24(27(31)34-15-35-28)26(38-39)17-9-10-23-18(12-17)13-33-29(32)37-23/h1-13,15H,14H2,(H2,31,34,35)(H2,32,33,37). The van der Waals surface area contributed by atoms with Crippen molar-refractivity contribution in [2.24, 2.45) is 0 Å². The summed E-state index contributed by atoms with van der Waals surface area (Å²) in [6.07, 6.45) is 3.08. The molecule has 0 amide bonds. The van der Waals surface area contributed by atoms with Crippen LogP contribution < -0.4 is 11.5 Å². The molecule has 4 aromatic heterocycles. The maximum Gasteiger partial charge on any atom is 0.220 e. The third-order valence-electron chi connectivity index (χ3n) is 6.68. The molecule has 10 heteroatoms. The van der Waals surface area contributed by atoms with E-state index in [1.807, 2.05) is 48.5 Å². The number of hydrogen-bond acceptors (Lipinski definition) is 8. The first kappa shape index (κ1) is 22.7. The number of nitrogen functional groups attached to an aromatic ring is 2. The number of anilines is 2. The minimum absolute atomic E-state index is 0.206. The Labute approximate surface area is 221 Å². The summed E-state index contributed by atoms with van der Waals surface area (Å²) >= 11 is 0. The van der Waals surface area contributed by atoms with Gasteiger partial charge in [-0.3, -0.25) is 0 Å². The molecule has 0 saturated carbocycles. The molecular weight excluding hydrogens is 493 g/mol. The van der Waals surface area contributed by atoms with Crippen molar-refractivity contribution in [2.45, 2.75) is 6.54 Å². The number of nitrogens with two attached hydrogens (primary N) is 2. The van der Waals surface area contributed by atoms with Crippen molar-refractivity contribution in [2.75, 3.05) is 11.5 Å². The molecule has 7 rings (SSSR count). The molecule has 7 aromatic rings. The molecule has 0 aliphatic carbocycles. The number of hydrogen-bond donors (Lipinski definition) is 2. The SMILES string of the molecule is Nc1ncc2cc(-c3nn(Cc4cc5ccccc5nc4-c4ccccc4F)c4ncnc(N)c34)ccc2n1. The van der Waals surface area contributed by atoms with Gasteiger partial charge in [-0.2, -0.15) is 5.10 Å². The van der Waals surface area contributed by atoms with Gasteiger partial charge in [-0.25, -0.2) is 34.0 Å². The Bertz CT molecular complexity index is 2050. The van der Waals surface area contributed by atoms with Crippen LogP contribution in [0.4, 0.5) is 16.2 Å². The summed E-state index contributed by atoms with van der Waals surface area (Å²) in [6.45, 7) is 0.279. The molecule has 0 unspecified atom stereocenters. The summed E-state index contributed by atoms with van der Waals surface area (Å²) in [4.78, 5) is 22.0. The second-order valence-electron chi connectivity index (χ2n) is 9.13. The van der Waals surface area contributed by atoms with Gasteiger partial charge in [-0.05, 0) is 36.4 Å². The van der Waals surface area contributed by atoms with E-state index in [1.165, 1.54) is 12.4 Å². The van der Waals surface area contributed by atoms with Crippen molar-refractivity contribution in [3.63, 3.8) is 0 Å². The van der Waals surface area contributed by atoms with E-state index in [0.717, 1.165) is 32.9 Å². The molecule has 9 nitrogen and oxygen atoms in total. The van der Waals surface area contributed by atoms with Crippen molar-refractivity contribution in [1.82, 2.24) is 34.7 Å². The van der Waals surface area contributed by atoms with Crippen molar-refractivity contribution >= 4 is 44.6 Å². The van der Waals surface area contributed by atoms with Crippen LogP contribution in [-0.2, 0) is 6.54 Å². The molecule has 0 aliphatic rings. The van der Waals surface area contributed by atoms with Gasteiger partial charge in [0.15, 0.2) is 5.65 Å². The number of halogens is 1. The highest BCUT2D eigenvalue weighted by molar-refractivity contribution is 6.00. The summed E-state index contributed by atoms with van der Waals surface area (Å²) in [7, 11) is 0. The normalized spacial score (nSPS) is 11.5. The fourth-order valence-corrected chi connectivity index (χ4v) is 4.87. The van der Waals surface area contributed by atoms with E-state index in [9.17, 15) is 4.39 Å². The molecule has 4 heterocycles. The smallest absolute Gasteiger partial charge is 0.220 e. The average Bonchev–Trinajstić information content (AvgIpc) is 3.32. The van der Waals surface area contributed by atoms with Gasteiger partial charge in [0.05, 0.1) is 28.7 Å². The van der Waals surface area contributed by atoms with E-state index in [0.29, 0.717) is 33.8 Å². The van der Waals surface area contributed by atoms with Crippen molar-refractivity contribution in [1.29, 1.82) is 0 Å². The highest BCUT2D eigenvalue weighted by Gasteiger charge is 2.20. The lowest BCUT2D eigenvalue weighted by Crippen LogP contribution is -2.06. The lowest BCUT2D eigenvalue weighted by molar-refractivity contribution is 0.630. The zero-order valence-electron chi connectivity index (χ0n) is 20.5. The van der Waals surface area contributed by atoms with Gasteiger partial charge < -0.3 is 11.5 Å². The quantitative estimate of drug-likeness (QED) is 0.336. The van der Waals surface area contributed by atoms with E-state index in [4.69, 9.17) is 21.5 Å². The largest absolute Gasteiger partial charge is 0.383 e. The zero-order chi connectivity index (χ0) is 26.5. The molecule has 0 aliphatic heterocycles. The number of fused-ring (bicyclic) bond motifs is 3. The molecule has 0 fully saturated rings. The van der Waals surface area contributed by atoms with Crippen LogP contribution >= 0.6 is 0 Å². The minimum atomic E-state index is -0.349. The van der Waals surface area contributed by atoms with E-state index < -0.39 is 0 Å². The van der Waals surface area contributed by atoms with Crippen LogP contribution in [0.25, 0.3) is 55.4 Å². The van der Waals surface area contributed by atoms with Gasteiger partial charge in [-0.1, -0.05) is 36.4 Å². The van der Waals surface area contributed by atoms with E-state index >= 15 is 0 Å². The van der Waals surface area contributed by atoms with Crippen molar-refractivity contribution < 1.29 is 4.39 Å². The molecule has 0 radical (unpaired) electrons. The fraction of sp³-hybridized carbons (Fsp3) is 0.0345. The van der Waals surface area contributed by atoms with Crippen LogP contribution in [0.3, 0.4) is 0 Å². The van der Waals surface area contributed by atoms with E-state index in [2.05, 4.69) is 19.9 Å². The molecule has 3 aromatic carbocycles. The number of nitrogens with zero attached hydrogens (tertiary/aromatic N) is 7. The lowest BCUT2D eigenvalue weighted by Gasteiger charge is -2.12. The number of para-hydroxylation sites is 1. The fourth-order valence-electron chi connectivity index (χ4n) is 4.87. The first-order chi connectivity index (χ1) is 19.0. The van der Waals surface area contributed by atoms with Gasteiger partial charge in [0.1, 0.15) is 23.7 Å². The number of aromatic nitrogens is 7. The Morgan fingerprint density at radius 2 is 1.59 bits per heavy atom. The topological polar surface area (TPSA) is 134 Å². The number of rotatable bonds is 4. The van der Waals surface area contributed by atoms with Crippen LogP contribution in [0, 0.1) is 5.82 Å². The van der Waals surface area contributed by atoms with Crippen LogP contribution in [0.15, 0.2) is 85.3 Å². The first-order valence-corrected chi connectivity index (χ1v) is 12.2. The third kappa shape index (κ3) is 3.86.